The Morgan fingerprint density at radius 2 is 1.86 bits per heavy atom. The molecule has 0 saturated carbocycles. The first-order valence-corrected chi connectivity index (χ1v) is 6.70. The molecule has 4 nitrogen and oxygen atoms in total. The Labute approximate surface area is 122 Å². The van der Waals surface area contributed by atoms with E-state index in [1.54, 1.807) is 10.8 Å². The van der Waals surface area contributed by atoms with Crippen LogP contribution in [0.1, 0.15) is 5.56 Å². The van der Waals surface area contributed by atoms with Gasteiger partial charge in [0, 0.05) is 11.6 Å². The number of aliphatic carboxylic acids is 1. The van der Waals surface area contributed by atoms with Gasteiger partial charge in [0.1, 0.15) is 18.9 Å². The van der Waals surface area contributed by atoms with Gasteiger partial charge in [0.15, 0.2) is 0 Å². The van der Waals surface area contributed by atoms with Gasteiger partial charge in [-0.25, -0.2) is 0 Å². The summed E-state index contributed by atoms with van der Waals surface area (Å²) in [4.78, 5) is 10.9. The lowest BCUT2D eigenvalue weighted by Gasteiger charge is -2.10. The van der Waals surface area contributed by atoms with E-state index in [1.165, 1.54) is 0 Å². The summed E-state index contributed by atoms with van der Waals surface area (Å²) in [6, 6.07) is 17.5. The predicted molar refractivity (Wildman–Crippen MR) is 80.3 cm³/mol. The molecule has 0 bridgehead atoms. The van der Waals surface area contributed by atoms with Crippen molar-refractivity contribution in [2.75, 3.05) is 0 Å². The summed E-state index contributed by atoms with van der Waals surface area (Å²) in [6.45, 7) is 0.382. The summed E-state index contributed by atoms with van der Waals surface area (Å²) in [7, 11) is 0. The lowest BCUT2D eigenvalue weighted by molar-refractivity contribution is -0.137. The van der Waals surface area contributed by atoms with Crippen molar-refractivity contribution in [2.45, 2.75) is 13.2 Å². The largest absolute Gasteiger partial charge is 0.487 e. The number of carboxylic acid groups (broad SMARTS) is 1. The molecular weight excluding hydrogens is 266 g/mol. The quantitative estimate of drug-likeness (QED) is 0.780. The highest BCUT2D eigenvalue weighted by atomic mass is 16.5. The highest BCUT2D eigenvalue weighted by molar-refractivity contribution is 5.87. The summed E-state index contributed by atoms with van der Waals surface area (Å²) in [5.41, 5.74) is 1.89. The van der Waals surface area contributed by atoms with Crippen LogP contribution in [-0.4, -0.2) is 15.6 Å². The molecule has 0 aliphatic carbocycles. The Morgan fingerprint density at radius 1 is 1.05 bits per heavy atom. The van der Waals surface area contributed by atoms with E-state index in [4.69, 9.17) is 9.84 Å². The maximum absolute atomic E-state index is 10.9. The molecule has 3 rings (SSSR count). The van der Waals surface area contributed by atoms with Crippen LogP contribution in [0.5, 0.6) is 5.75 Å². The highest BCUT2D eigenvalue weighted by Gasteiger charge is 2.10. The van der Waals surface area contributed by atoms with Gasteiger partial charge in [-0.3, -0.25) is 4.79 Å². The molecule has 0 radical (unpaired) electrons. The number of nitrogens with zero attached hydrogens (tertiary/aromatic N) is 1. The molecule has 2 aromatic carbocycles. The lowest BCUT2D eigenvalue weighted by atomic mass is 10.2. The van der Waals surface area contributed by atoms with Gasteiger partial charge in [-0.2, -0.15) is 0 Å². The number of benzene rings is 2. The van der Waals surface area contributed by atoms with Crippen LogP contribution in [0.4, 0.5) is 0 Å². The number of hydrogen-bond acceptors (Lipinski definition) is 2. The molecule has 4 heteroatoms. The van der Waals surface area contributed by atoms with Gasteiger partial charge in [0.05, 0.1) is 5.52 Å². The number of fused-ring (bicyclic) bond motifs is 1. The highest BCUT2D eigenvalue weighted by Crippen LogP contribution is 2.27. The summed E-state index contributed by atoms with van der Waals surface area (Å²) in [5, 5.41) is 9.96. The van der Waals surface area contributed by atoms with Crippen molar-refractivity contribution in [1.82, 2.24) is 4.57 Å². The molecule has 0 atom stereocenters. The second-order valence-electron chi connectivity index (χ2n) is 4.81. The number of ether oxygens (including phenoxy) is 1. The van der Waals surface area contributed by atoms with Gasteiger partial charge in [0.25, 0.3) is 0 Å². The van der Waals surface area contributed by atoms with E-state index in [2.05, 4.69) is 0 Å². The minimum Gasteiger partial charge on any atom is -0.487 e. The van der Waals surface area contributed by atoms with E-state index in [-0.39, 0.29) is 6.54 Å². The maximum atomic E-state index is 10.9. The Bertz CT molecular complexity index is 762. The van der Waals surface area contributed by atoms with E-state index in [0.717, 1.165) is 16.5 Å². The normalized spacial score (nSPS) is 10.7. The van der Waals surface area contributed by atoms with Crippen molar-refractivity contribution >= 4 is 16.9 Å². The van der Waals surface area contributed by atoms with Crippen LogP contribution in [0.2, 0.25) is 0 Å². The zero-order valence-corrected chi connectivity index (χ0v) is 11.4. The Kier molecular flexibility index (Phi) is 3.60. The fourth-order valence-electron chi connectivity index (χ4n) is 2.36. The van der Waals surface area contributed by atoms with Crippen LogP contribution in [0.3, 0.4) is 0 Å². The van der Waals surface area contributed by atoms with Crippen LogP contribution in [-0.2, 0) is 17.9 Å². The monoisotopic (exact) mass is 281 g/mol. The number of hydrogen-bond donors (Lipinski definition) is 1. The third kappa shape index (κ3) is 2.89. The SMILES string of the molecule is O=C(O)Cn1ccc2cccc(OCc3ccccc3)c21. The number of aromatic nitrogens is 1. The van der Waals surface area contributed by atoms with Crippen LogP contribution >= 0.6 is 0 Å². The van der Waals surface area contributed by atoms with E-state index >= 15 is 0 Å². The molecule has 0 fully saturated rings. The van der Waals surface area contributed by atoms with Crippen molar-refractivity contribution in [3.63, 3.8) is 0 Å². The van der Waals surface area contributed by atoms with Crippen LogP contribution in [0.25, 0.3) is 10.9 Å². The molecule has 3 aromatic rings. The minimum absolute atomic E-state index is 0.0742. The maximum Gasteiger partial charge on any atom is 0.323 e. The topological polar surface area (TPSA) is 51.5 Å². The van der Waals surface area contributed by atoms with Crippen molar-refractivity contribution in [2.24, 2.45) is 0 Å². The third-order valence-electron chi connectivity index (χ3n) is 3.29. The number of carbonyl (C=O) groups is 1. The first kappa shape index (κ1) is 13.2. The van der Waals surface area contributed by atoms with Crippen LogP contribution < -0.4 is 4.74 Å². The van der Waals surface area contributed by atoms with Gasteiger partial charge in [-0.15, -0.1) is 0 Å². The number of rotatable bonds is 5. The molecule has 21 heavy (non-hydrogen) atoms. The third-order valence-corrected chi connectivity index (χ3v) is 3.29. The van der Waals surface area contributed by atoms with E-state index in [1.807, 2.05) is 54.6 Å². The number of carboxylic acids is 1. The van der Waals surface area contributed by atoms with Gasteiger partial charge in [-0.05, 0) is 17.7 Å². The lowest BCUT2D eigenvalue weighted by Crippen LogP contribution is -2.08. The summed E-state index contributed by atoms with van der Waals surface area (Å²) in [6.07, 6.45) is 1.77. The van der Waals surface area contributed by atoms with E-state index in [0.29, 0.717) is 12.4 Å². The van der Waals surface area contributed by atoms with Crippen molar-refractivity contribution < 1.29 is 14.6 Å². The van der Waals surface area contributed by atoms with Crippen LogP contribution in [0, 0.1) is 0 Å². The van der Waals surface area contributed by atoms with Crippen molar-refractivity contribution in [3.05, 3.63) is 66.4 Å². The van der Waals surface area contributed by atoms with E-state index < -0.39 is 5.97 Å². The zero-order valence-electron chi connectivity index (χ0n) is 11.4. The molecule has 106 valence electrons. The van der Waals surface area contributed by atoms with Gasteiger partial charge >= 0.3 is 5.97 Å². The average Bonchev–Trinajstić information content (AvgIpc) is 2.89. The standard InChI is InChI=1S/C17H15NO3/c19-16(20)11-18-10-9-14-7-4-8-15(17(14)18)21-12-13-5-2-1-3-6-13/h1-10H,11-12H2,(H,19,20). The molecule has 0 amide bonds. The second-order valence-corrected chi connectivity index (χ2v) is 4.81. The minimum atomic E-state index is -0.870. The molecule has 0 unspecified atom stereocenters. The van der Waals surface area contributed by atoms with Crippen molar-refractivity contribution in [1.29, 1.82) is 0 Å². The molecular formula is C17H15NO3. The van der Waals surface area contributed by atoms with Gasteiger partial charge in [0.2, 0.25) is 0 Å². The fraction of sp³-hybridized carbons (Fsp3) is 0.118. The smallest absolute Gasteiger partial charge is 0.323 e. The predicted octanol–water partition coefficient (Wildman–Crippen LogP) is 3.30. The number of para-hydroxylation sites is 1. The molecule has 0 saturated heterocycles. The zero-order chi connectivity index (χ0) is 14.7. The second kappa shape index (κ2) is 5.71. The Hall–Kier alpha value is -2.75. The summed E-state index contributed by atoms with van der Waals surface area (Å²) in [5.74, 6) is -0.173. The average molecular weight is 281 g/mol. The first-order valence-electron chi connectivity index (χ1n) is 6.70. The Morgan fingerprint density at radius 3 is 2.62 bits per heavy atom. The Balaban J connectivity index is 1.90. The van der Waals surface area contributed by atoms with Crippen molar-refractivity contribution in [3.8, 4) is 5.75 Å². The molecule has 1 heterocycles. The van der Waals surface area contributed by atoms with Gasteiger partial charge in [-0.1, -0.05) is 42.5 Å². The summed E-state index contributed by atoms with van der Waals surface area (Å²) >= 11 is 0. The fourth-order valence-corrected chi connectivity index (χ4v) is 2.36. The van der Waals surface area contributed by atoms with E-state index in [9.17, 15) is 4.79 Å². The first-order chi connectivity index (χ1) is 10.2. The van der Waals surface area contributed by atoms with Gasteiger partial charge < -0.3 is 14.4 Å². The molecule has 0 aliphatic rings. The molecule has 1 aromatic heterocycles. The molecule has 0 spiro atoms. The summed E-state index contributed by atoms with van der Waals surface area (Å²) < 4.78 is 7.56. The molecule has 0 aliphatic heterocycles. The van der Waals surface area contributed by atoms with Crippen LogP contribution in [0.15, 0.2) is 60.8 Å². The molecule has 1 N–H and O–H groups in total.